The van der Waals surface area contributed by atoms with Crippen LogP contribution in [0, 0.1) is 0 Å². The molecule has 1 aromatic heterocycles. The van der Waals surface area contributed by atoms with Crippen LogP contribution in [0.15, 0.2) is 12.4 Å². The Morgan fingerprint density at radius 2 is 2.00 bits per heavy atom. The molecular weight excluding hydrogens is 220 g/mol. The molecule has 0 unspecified atom stereocenters. The third-order valence-corrected chi connectivity index (χ3v) is 2.25. The predicted molar refractivity (Wildman–Crippen MR) is 56.3 cm³/mol. The highest BCUT2D eigenvalue weighted by molar-refractivity contribution is 7.89. The Hall–Kier alpha value is -1.45. The van der Waals surface area contributed by atoms with Gasteiger partial charge < -0.3 is 10.7 Å². The van der Waals surface area contributed by atoms with Crippen molar-refractivity contribution in [1.29, 1.82) is 0 Å². The molecule has 1 aromatic rings. The van der Waals surface area contributed by atoms with Crippen LogP contribution < -0.4 is 21.7 Å². The highest BCUT2D eigenvalue weighted by Gasteiger charge is 2.02. The van der Waals surface area contributed by atoms with Gasteiger partial charge in [-0.05, 0) is 0 Å². The molecule has 0 radical (unpaired) electrons. The molecule has 0 spiro atoms. The number of nitrogens with two attached hydrogens (primary N) is 2. The number of nitrogen functional groups attached to an aromatic ring is 1. The van der Waals surface area contributed by atoms with Crippen LogP contribution in [0.2, 0.25) is 0 Å². The summed E-state index contributed by atoms with van der Waals surface area (Å²) < 4.78 is 21.2. The number of hydrogen-bond donors (Lipinski definition) is 4. The van der Waals surface area contributed by atoms with Gasteiger partial charge in [0.05, 0.1) is 18.1 Å². The molecule has 1 heterocycles. The van der Waals surface area contributed by atoms with Crippen molar-refractivity contribution in [3.8, 4) is 0 Å². The Bertz CT molecular complexity index is 419. The highest BCUT2D eigenvalue weighted by Crippen LogP contribution is 2.04. The van der Waals surface area contributed by atoms with E-state index in [9.17, 15) is 8.42 Å². The minimum absolute atomic E-state index is 0.168. The second-order valence-electron chi connectivity index (χ2n) is 2.73. The number of anilines is 2. The molecule has 8 nitrogen and oxygen atoms in total. The first kappa shape index (κ1) is 11.6. The van der Waals surface area contributed by atoms with Crippen LogP contribution in [0.4, 0.5) is 11.6 Å². The second kappa shape index (κ2) is 4.87. The Morgan fingerprint density at radius 1 is 1.33 bits per heavy atom. The molecule has 0 aliphatic rings. The lowest BCUT2D eigenvalue weighted by molar-refractivity contribution is 0.598. The summed E-state index contributed by atoms with van der Waals surface area (Å²) in [6, 6.07) is 0. The molecule has 0 aliphatic carbocycles. The maximum atomic E-state index is 10.6. The molecule has 15 heavy (non-hydrogen) atoms. The minimum atomic E-state index is -3.46. The third-order valence-electron chi connectivity index (χ3n) is 1.48. The Balaban J connectivity index is 2.51. The first-order chi connectivity index (χ1) is 7.01. The van der Waals surface area contributed by atoms with Crippen LogP contribution in [0.1, 0.15) is 0 Å². The largest absolute Gasteiger partial charge is 0.368 e. The molecule has 0 amide bonds. The summed E-state index contributed by atoms with van der Waals surface area (Å²) >= 11 is 0. The van der Waals surface area contributed by atoms with E-state index in [-0.39, 0.29) is 12.3 Å². The standard InChI is InChI=1S/C6H12N6O2S/c7-12-6-4-9-3-5(11-6)10-1-2-15(8,13)14/h3-4H,1-2,7H2,(H2,8,13,14)(H2,10,11,12). The van der Waals surface area contributed by atoms with Crippen molar-refractivity contribution in [3.05, 3.63) is 12.4 Å². The molecule has 0 fully saturated rings. The lowest BCUT2D eigenvalue weighted by atomic mass is 10.6. The van der Waals surface area contributed by atoms with Gasteiger partial charge in [-0.1, -0.05) is 0 Å². The normalized spacial score (nSPS) is 11.1. The Labute approximate surface area is 87.1 Å². The minimum Gasteiger partial charge on any atom is -0.368 e. The first-order valence-corrected chi connectivity index (χ1v) is 5.76. The average molecular weight is 232 g/mol. The summed E-state index contributed by atoms with van der Waals surface area (Å²) in [5, 5.41) is 7.57. The summed E-state index contributed by atoms with van der Waals surface area (Å²) in [4.78, 5) is 7.79. The third kappa shape index (κ3) is 4.54. The number of nitrogens with one attached hydrogen (secondary N) is 2. The van der Waals surface area contributed by atoms with Crippen LogP contribution in [0.5, 0.6) is 0 Å². The van der Waals surface area contributed by atoms with Crippen molar-refractivity contribution < 1.29 is 8.42 Å². The van der Waals surface area contributed by atoms with Crippen molar-refractivity contribution in [2.75, 3.05) is 23.0 Å². The van der Waals surface area contributed by atoms with Gasteiger partial charge in [0.2, 0.25) is 10.0 Å². The van der Waals surface area contributed by atoms with Gasteiger partial charge in [0.25, 0.3) is 0 Å². The van der Waals surface area contributed by atoms with E-state index in [4.69, 9.17) is 11.0 Å². The Morgan fingerprint density at radius 3 is 2.60 bits per heavy atom. The smallest absolute Gasteiger partial charge is 0.210 e. The van der Waals surface area contributed by atoms with Crippen molar-refractivity contribution in [2.45, 2.75) is 0 Å². The molecule has 0 aliphatic heterocycles. The number of aromatic nitrogens is 2. The van der Waals surface area contributed by atoms with Crippen molar-refractivity contribution in [3.63, 3.8) is 0 Å². The van der Waals surface area contributed by atoms with Crippen molar-refractivity contribution in [1.82, 2.24) is 9.97 Å². The molecule has 0 saturated carbocycles. The van der Waals surface area contributed by atoms with E-state index in [0.717, 1.165) is 0 Å². The first-order valence-electron chi connectivity index (χ1n) is 4.04. The van der Waals surface area contributed by atoms with Gasteiger partial charge in [-0.2, -0.15) is 0 Å². The van der Waals surface area contributed by atoms with E-state index in [1.807, 2.05) is 0 Å². The van der Waals surface area contributed by atoms with Crippen LogP contribution in [-0.2, 0) is 10.0 Å². The molecule has 84 valence electrons. The summed E-state index contributed by atoms with van der Waals surface area (Å²) in [5.74, 6) is 5.76. The molecule has 9 heteroatoms. The number of hydrogen-bond acceptors (Lipinski definition) is 7. The van der Waals surface area contributed by atoms with Crippen LogP contribution in [0.3, 0.4) is 0 Å². The maximum absolute atomic E-state index is 10.6. The zero-order valence-corrected chi connectivity index (χ0v) is 8.66. The molecule has 1 rings (SSSR count). The van der Waals surface area contributed by atoms with E-state index in [0.29, 0.717) is 11.6 Å². The Kier molecular flexibility index (Phi) is 3.77. The monoisotopic (exact) mass is 232 g/mol. The number of sulfonamides is 1. The summed E-state index contributed by atoms with van der Waals surface area (Å²) in [5.41, 5.74) is 2.32. The van der Waals surface area contributed by atoms with Crippen LogP contribution in [0.25, 0.3) is 0 Å². The summed E-state index contributed by atoms with van der Waals surface area (Å²) in [7, 11) is -3.46. The van der Waals surface area contributed by atoms with E-state index in [1.54, 1.807) is 0 Å². The summed E-state index contributed by atoms with van der Waals surface area (Å²) in [6.07, 6.45) is 2.88. The number of hydrazine groups is 1. The predicted octanol–water partition coefficient (Wildman–Crippen LogP) is -1.54. The molecule has 0 bridgehead atoms. The lowest BCUT2D eigenvalue weighted by Gasteiger charge is -2.05. The van der Waals surface area contributed by atoms with Crippen LogP contribution >= 0.6 is 0 Å². The topological polar surface area (TPSA) is 136 Å². The van der Waals surface area contributed by atoms with E-state index in [2.05, 4.69) is 20.7 Å². The van der Waals surface area contributed by atoms with Gasteiger partial charge in [0.1, 0.15) is 5.82 Å². The molecule has 0 saturated heterocycles. The fraction of sp³-hybridized carbons (Fsp3) is 0.333. The van der Waals surface area contributed by atoms with E-state index >= 15 is 0 Å². The maximum Gasteiger partial charge on any atom is 0.210 e. The van der Waals surface area contributed by atoms with E-state index in [1.165, 1.54) is 12.4 Å². The van der Waals surface area contributed by atoms with Gasteiger partial charge in [-0.15, -0.1) is 0 Å². The van der Waals surface area contributed by atoms with Gasteiger partial charge >= 0.3 is 0 Å². The second-order valence-corrected chi connectivity index (χ2v) is 4.46. The van der Waals surface area contributed by atoms with Crippen molar-refractivity contribution >= 4 is 21.7 Å². The quantitative estimate of drug-likeness (QED) is 0.357. The van der Waals surface area contributed by atoms with E-state index < -0.39 is 10.0 Å². The fourth-order valence-corrected chi connectivity index (χ4v) is 1.23. The molecule has 6 N–H and O–H groups in total. The number of primary sulfonamides is 1. The molecular formula is C6H12N6O2S. The molecule has 0 aromatic carbocycles. The van der Waals surface area contributed by atoms with Crippen molar-refractivity contribution in [2.24, 2.45) is 11.0 Å². The van der Waals surface area contributed by atoms with Gasteiger partial charge in [0, 0.05) is 6.54 Å². The van der Waals surface area contributed by atoms with Crippen LogP contribution in [-0.4, -0.2) is 30.7 Å². The number of rotatable bonds is 5. The lowest BCUT2D eigenvalue weighted by Crippen LogP contribution is -2.22. The zero-order chi connectivity index (χ0) is 11.3. The van der Waals surface area contributed by atoms with Gasteiger partial charge in [-0.3, -0.25) is 4.98 Å². The highest BCUT2D eigenvalue weighted by atomic mass is 32.2. The number of nitrogens with zero attached hydrogens (tertiary/aromatic N) is 2. The zero-order valence-electron chi connectivity index (χ0n) is 7.84. The SMILES string of the molecule is NNc1cncc(NCCS(N)(=O)=O)n1. The van der Waals surface area contributed by atoms with Gasteiger partial charge in [0.15, 0.2) is 5.82 Å². The average Bonchev–Trinajstić information content (AvgIpc) is 2.16. The summed E-state index contributed by atoms with van der Waals surface area (Å²) in [6.45, 7) is 0.168. The fourth-order valence-electron chi connectivity index (χ4n) is 0.842. The van der Waals surface area contributed by atoms with Gasteiger partial charge in [-0.25, -0.2) is 24.4 Å². The molecule has 0 atom stereocenters.